The standard InChI is InChI=1S/C9H19N3O4/c1-9(2)15-4-6(16-9)8(14)5(10)3-7(13)12-11/h5-6,8,14H,3-4,10-11H2,1-2H3,(H,12,13)/t5-,6+,8+/m0/s1. The maximum Gasteiger partial charge on any atom is 0.235 e. The Bertz CT molecular complexity index is 259. The highest BCUT2D eigenvalue weighted by Gasteiger charge is 2.39. The van der Waals surface area contributed by atoms with Crippen LogP contribution >= 0.6 is 0 Å². The van der Waals surface area contributed by atoms with Crippen LogP contribution in [0.5, 0.6) is 0 Å². The van der Waals surface area contributed by atoms with E-state index in [0.29, 0.717) is 0 Å². The Morgan fingerprint density at radius 3 is 2.75 bits per heavy atom. The van der Waals surface area contributed by atoms with E-state index in [9.17, 15) is 9.90 Å². The number of hydrogen-bond donors (Lipinski definition) is 4. The van der Waals surface area contributed by atoms with Crippen molar-refractivity contribution < 1.29 is 19.4 Å². The Balaban J connectivity index is 2.45. The van der Waals surface area contributed by atoms with Gasteiger partial charge in [0, 0.05) is 12.5 Å². The zero-order chi connectivity index (χ0) is 12.3. The minimum atomic E-state index is -0.959. The molecule has 1 rings (SSSR count). The summed E-state index contributed by atoms with van der Waals surface area (Å²) in [5.41, 5.74) is 7.62. The van der Waals surface area contributed by atoms with Gasteiger partial charge in [-0.3, -0.25) is 10.2 Å². The van der Waals surface area contributed by atoms with Crippen LogP contribution in [0.3, 0.4) is 0 Å². The molecule has 1 fully saturated rings. The molecular weight excluding hydrogens is 214 g/mol. The number of aliphatic hydroxyl groups is 1. The lowest BCUT2D eigenvalue weighted by molar-refractivity contribution is -0.153. The monoisotopic (exact) mass is 233 g/mol. The third-order valence-electron chi connectivity index (χ3n) is 2.43. The summed E-state index contributed by atoms with van der Waals surface area (Å²) in [6, 6.07) is -0.731. The number of nitrogens with two attached hydrogens (primary N) is 2. The van der Waals surface area contributed by atoms with Crippen molar-refractivity contribution in [2.75, 3.05) is 6.61 Å². The van der Waals surface area contributed by atoms with E-state index in [2.05, 4.69) is 0 Å². The van der Waals surface area contributed by atoms with Crippen LogP contribution in [0.1, 0.15) is 20.3 Å². The maximum absolute atomic E-state index is 11.0. The fourth-order valence-corrected chi connectivity index (χ4v) is 1.55. The summed E-state index contributed by atoms with van der Waals surface area (Å²) in [7, 11) is 0. The van der Waals surface area contributed by atoms with Gasteiger partial charge in [-0.15, -0.1) is 0 Å². The van der Waals surface area contributed by atoms with E-state index in [4.69, 9.17) is 21.1 Å². The van der Waals surface area contributed by atoms with Crippen LogP contribution in [-0.2, 0) is 14.3 Å². The largest absolute Gasteiger partial charge is 0.389 e. The zero-order valence-corrected chi connectivity index (χ0v) is 9.47. The average molecular weight is 233 g/mol. The van der Waals surface area contributed by atoms with E-state index in [1.54, 1.807) is 13.8 Å². The first-order chi connectivity index (χ1) is 7.35. The summed E-state index contributed by atoms with van der Waals surface area (Å²) >= 11 is 0. The second-order valence-electron chi connectivity index (χ2n) is 4.29. The number of aliphatic hydroxyl groups excluding tert-OH is 1. The molecule has 0 bridgehead atoms. The lowest BCUT2D eigenvalue weighted by Crippen LogP contribution is -2.47. The van der Waals surface area contributed by atoms with E-state index >= 15 is 0 Å². The molecule has 1 saturated heterocycles. The molecule has 0 radical (unpaired) electrons. The van der Waals surface area contributed by atoms with Gasteiger partial charge in [-0.25, -0.2) is 5.84 Å². The molecule has 1 heterocycles. The van der Waals surface area contributed by atoms with Gasteiger partial charge in [0.05, 0.1) is 12.7 Å². The van der Waals surface area contributed by atoms with E-state index in [0.717, 1.165) is 0 Å². The molecule has 0 spiro atoms. The summed E-state index contributed by atoms with van der Waals surface area (Å²) in [4.78, 5) is 11.0. The fourth-order valence-electron chi connectivity index (χ4n) is 1.55. The number of amides is 1. The Labute approximate surface area is 94.0 Å². The molecule has 0 aliphatic carbocycles. The number of nitrogens with one attached hydrogen (secondary N) is 1. The minimum absolute atomic E-state index is 0.0576. The Morgan fingerprint density at radius 2 is 2.31 bits per heavy atom. The van der Waals surface area contributed by atoms with Crippen LogP contribution in [0, 0.1) is 0 Å². The van der Waals surface area contributed by atoms with Gasteiger partial charge in [-0.05, 0) is 13.8 Å². The predicted octanol–water partition coefficient (Wildman–Crippen LogP) is -1.79. The van der Waals surface area contributed by atoms with Gasteiger partial charge in [0.1, 0.15) is 6.10 Å². The van der Waals surface area contributed by atoms with E-state index < -0.39 is 29.9 Å². The molecular formula is C9H19N3O4. The van der Waals surface area contributed by atoms with Gasteiger partial charge in [0.2, 0.25) is 5.91 Å². The predicted molar refractivity (Wildman–Crippen MR) is 55.8 cm³/mol. The zero-order valence-electron chi connectivity index (χ0n) is 9.47. The van der Waals surface area contributed by atoms with Gasteiger partial charge in [0.25, 0.3) is 0 Å². The molecule has 1 aliphatic rings. The van der Waals surface area contributed by atoms with Crippen molar-refractivity contribution in [1.82, 2.24) is 5.43 Å². The molecule has 6 N–H and O–H groups in total. The number of hydrogen-bond acceptors (Lipinski definition) is 6. The Hall–Kier alpha value is -0.730. The first-order valence-corrected chi connectivity index (χ1v) is 5.10. The van der Waals surface area contributed by atoms with E-state index in [-0.39, 0.29) is 13.0 Å². The molecule has 7 heteroatoms. The normalized spacial score (nSPS) is 27.4. The fraction of sp³-hybridized carbons (Fsp3) is 0.889. The number of ether oxygens (including phenoxy) is 2. The lowest BCUT2D eigenvalue weighted by Gasteiger charge is -2.24. The number of hydrazine groups is 1. The van der Waals surface area contributed by atoms with Crippen molar-refractivity contribution >= 4 is 5.91 Å². The van der Waals surface area contributed by atoms with Gasteiger partial charge in [-0.2, -0.15) is 0 Å². The number of rotatable bonds is 4. The van der Waals surface area contributed by atoms with Crippen LogP contribution < -0.4 is 17.0 Å². The average Bonchev–Trinajstić information content (AvgIpc) is 2.57. The summed E-state index contributed by atoms with van der Waals surface area (Å²) in [5.74, 6) is 3.78. The minimum Gasteiger partial charge on any atom is -0.389 e. The molecule has 7 nitrogen and oxygen atoms in total. The first kappa shape index (κ1) is 13.3. The molecule has 1 aliphatic heterocycles. The molecule has 1 amide bonds. The molecule has 16 heavy (non-hydrogen) atoms. The second-order valence-corrected chi connectivity index (χ2v) is 4.29. The summed E-state index contributed by atoms with van der Waals surface area (Å²) in [6.45, 7) is 3.75. The van der Waals surface area contributed by atoms with E-state index in [1.165, 1.54) is 0 Å². The second kappa shape index (κ2) is 5.07. The summed E-state index contributed by atoms with van der Waals surface area (Å²) in [6.07, 6.45) is -1.53. The maximum atomic E-state index is 11.0. The van der Waals surface area contributed by atoms with Crippen LogP contribution in [0.15, 0.2) is 0 Å². The van der Waals surface area contributed by atoms with Gasteiger partial charge < -0.3 is 20.3 Å². The van der Waals surface area contributed by atoms with Gasteiger partial charge in [0.15, 0.2) is 5.79 Å². The van der Waals surface area contributed by atoms with Gasteiger partial charge in [-0.1, -0.05) is 0 Å². The van der Waals surface area contributed by atoms with Crippen LogP contribution in [0.4, 0.5) is 0 Å². The highest BCUT2D eigenvalue weighted by atomic mass is 16.7. The van der Waals surface area contributed by atoms with Gasteiger partial charge >= 0.3 is 0 Å². The first-order valence-electron chi connectivity index (χ1n) is 5.10. The summed E-state index contributed by atoms with van der Waals surface area (Å²) < 4.78 is 10.7. The lowest BCUT2D eigenvalue weighted by atomic mass is 10.0. The summed E-state index contributed by atoms with van der Waals surface area (Å²) in [5, 5.41) is 9.84. The molecule has 3 atom stereocenters. The SMILES string of the molecule is CC1(C)OC[C@H]([C@H](O)[C@@H](N)CC(=O)NN)O1. The van der Waals surface area contributed by atoms with Crippen molar-refractivity contribution in [3.63, 3.8) is 0 Å². The number of carbonyl (C=O) groups is 1. The number of carbonyl (C=O) groups excluding carboxylic acids is 1. The quantitative estimate of drug-likeness (QED) is 0.258. The smallest absolute Gasteiger partial charge is 0.235 e. The van der Waals surface area contributed by atoms with Crippen LogP contribution in [-0.4, -0.2) is 41.7 Å². The van der Waals surface area contributed by atoms with Crippen molar-refractivity contribution in [3.05, 3.63) is 0 Å². The van der Waals surface area contributed by atoms with Crippen LogP contribution in [0.25, 0.3) is 0 Å². The molecule has 0 aromatic carbocycles. The van der Waals surface area contributed by atoms with Crippen LogP contribution in [0.2, 0.25) is 0 Å². The Morgan fingerprint density at radius 1 is 1.69 bits per heavy atom. The van der Waals surface area contributed by atoms with Crippen molar-refractivity contribution in [3.8, 4) is 0 Å². The highest BCUT2D eigenvalue weighted by Crippen LogP contribution is 2.25. The third-order valence-corrected chi connectivity index (χ3v) is 2.43. The Kier molecular flexibility index (Phi) is 4.22. The molecule has 0 unspecified atom stereocenters. The molecule has 0 saturated carbocycles. The van der Waals surface area contributed by atoms with Crippen molar-refractivity contribution in [2.45, 2.75) is 44.3 Å². The molecule has 94 valence electrons. The molecule has 0 aromatic rings. The highest BCUT2D eigenvalue weighted by molar-refractivity contribution is 5.75. The molecule has 0 aromatic heterocycles. The van der Waals surface area contributed by atoms with Crippen molar-refractivity contribution in [1.29, 1.82) is 0 Å². The van der Waals surface area contributed by atoms with Crippen molar-refractivity contribution in [2.24, 2.45) is 11.6 Å². The topological polar surface area (TPSA) is 120 Å². The third kappa shape index (κ3) is 3.39. The van der Waals surface area contributed by atoms with E-state index in [1.807, 2.05) is 5.43 Å².